The predicted octanol–water partition coefficient (Wildman–Crippen LogP) is 4.12. The van der Waals surface area contributed by atoms with Gasteiger partial charge in [-0.3, -0.25) is 0 Å². The van der Waals surface area contributed by atoms with E-state index in [2.05, 4.69) is 24.5 Å². The van der Waals surface area contributed by atoms with E-state index in [1.165, 1.54) is 18.2 Å². The lowest BCUT2D eigenvalue weighted by atomic mass is 10.0. The first kappa shape index (κ1) is 20.2. The molecule has 0 heterocycles. The predicted molar refractivity (Wildman–Crippen MR) is 111 cm³/mol. The monoisotopic (exact) mass is 392 g/mol. The van der Waals surface area contributed by atoms with Gasteiger partial charge in [-0.2, -0.15) is 0 Å². The molecule has 5 nitrogen and oxygen atoms in total. The molecule has 0 atom stereocenters. The van der Waals surface area contributed by atoms with Gasteiger partial charge in [-0.05, 0) is 54.4 Å². The largest absolute Gasteiger partial charge is 0.506 e. The zero-order chi connectivity index (χ0) is 19.3. The van der Waals surface area contributed by atoms with Crippen molar-refractivity contribution in [3.05, 3.63) is 47.5 Å². The van der Waals surface area contributed by atoms with E-state index >= 15 is 0 Å². The molecule has 0 spiro atoms. The molecule has 0 aliphatic rings. The molecule has 26 heavy (non-hydrogen) atoms. The molecule has 0 aliphatic heterocycles. The number of phenolic OH excluding ortho intramolecular Hbond substituents is 1. The SMILES string of the molecule is CCc1cccc(CC)c1NC(=S)Nc1cc(S(=O)(=O)CC)ccc1O. The zero-order valence-corrected chi connectivity index (χ0v) is 16.8. The van der Waals surface area contributed by atoms with Crippen molar-refractivity contribution in [2.45, 2.75) is 38.5 Å². The molecule has 3 N–H and O–H groups in total. The van der Waals surface area contributed by atoms with Crippen LogP contribution in [0.25, 0.3) is 0 Å². The van der Waals surface area contributed by atoms with Gasteiger partial charge < -0.3 is 15.7 Å². The highest BCUT2D eigenvalue weighted by Crippen LogP contribution is 2.28. The number of anilines is 2. The van der Waals surface area contributed by atoms with E-state index < -0.39 is 9.84 Å². The van der Waals surface area contributed by atoms with Crippen LogP contribution in [0.3, 0.4) is 0 Å². The number of aromatic hydroxyl groups is 1. The van der Waals surface area contributed by atoms with Gasteiger partial charge in [0.25, 0.3) is 0 Å². The topological polar surface area (TPSA) is 78.4 Å². The first-order chi connectivity index (χ1) is 12.3. The third-order valence-electron chi connectivity index (χ3n) is 4.19. The summed E-state index contributed by atoms with van der Waals surface area (Å²) in [6, 6.07) is 10.2. The molecule has 2 rings (SSSR count). The Hall–Kier alpha value is -2.12. The third kappa shape index (κ3) is 4.53. The fraction of sp³-hybridized carbons (Fsp3) is 0.316. The van der Waals surface area contributed by atoms with Crippen molar-refractivity contribution >= 4 is 38.5 Å². The Labute approximate surface area is 160 Å². The summed E-state index contributed by atoms with van der Waals surface area (Å²) in [6.45, 7) is 5.72. The van der Waals surface area contributed by atoms with E-state index in [0.29, 0.717) is 5.11 Å². The van der Waals surface area contributed by atoms with Crippen LogP contribution < -0.4 is 10.6 Å². The van der Waals surface area contributed by atoms with Gasteiger partial charge in [-0.25, -0.2) is 8.42 Å². The van der Waals surface area contributed by atoms with Gasteiger partial charge in [0.2, 0.25) is 0 Å². The third-order valence-corrected chi connectivity index (χ3v) is 6.13. The summed E-state index contributed by atoms with van der Waals surface area (Å²) in [4.78, 5) is 0.145. The molecule has 2 aromatic carbocycles. The molecule has 0 aliphatic carbocycles. The van der Waals surface area contributed by atoms with Crippen LogP contribution >= 0.6 is 12.2 Å². The molecule has 140 valence electrons. The molecule has 0 radical (unpaired) electrons. The maximum absolute atomic E-state index is 12.1. The number of hydrogen-bond donors (Lipinski definition) is 3. The van der Waals surface area contributed by atoms with Crippen LogP contribution in [-0.4, -0.2) is 24.4 Å². The molecule has 0 bridgehead atoms. The lowest BCUT2D eigenvalue weighted by molar-refractivity contribution is 0.477. The van der Waals surface area contributed by atoms with Crippen molar-refractivity contribution in [1.82, 2.24) is 0 Å². The van der Waals surface area contributed by atoms with E-state index in [1.54, 1.807) is 6.92 Å². The molecule has 0 fully saturated rings. The number of phenols is 1. The lowest BCUT2D eigenvalue weighted by Gasteiger charge is -2.17. The molecule has 0 saturated carbocycles. The maximum Gasteiger partial charge on any atom is 0.178 e. The number of rotatable bonds is 6. The summed E-state index contributed by atoms with van der Waals surface area (Å²) in [6.07, 6.45) is 1.71. The van der Waals surface area contributed by atoms with E-state index in [9.17, 15) is 13.5 Å². The second-order valence-electron chi connectivity index (χ2n) is 5.82. The lowest BCUT2D eigenvalue weighted by Crippen LogP contribution is -2.21. The molecule has 0 amide bonds. The Morgan fingerprint density at radius 2 is 1.65 bits per heavy atom. The van der Waals surface area contributed by atoms with Crippen molar-refractivity contribution in [3.8, 4) is 5.75 Å². The normalized spacial score (nSPS) is 11.2. The fourth-order valence-corrected chi connectivity index (χ4v) is 3.76. The average molecular weight is 393 g/mol. The number of aryl methyl sites for hydroxylation is 2. The van der Waals surface area contributed by atoms with Crippen molar-refractivity contribution in [2.75, 3.05) is 16.4 Å². The Balaban J connectivity index is 2.28. The van der Waals surface area contributed by atoms with Crippen molar-refractivity contribution in [3.63, 3.8) is 0 Å². The van der Waals surface area contributed by atoms with Gasteiger partial charge in [0.15, 0.2) is 14.9 Å². The van der Waals surface area contributed by atoms with Crippen LogP contribution in [0.15, 0.2) is 41.3 Å². The Morgan fingerprint density at radius 3 is 2.19 bits per heavy atom. The van der Waals surface area contributed by atoms with E-state index in [0.717, 1.165) is 29.7 Å². The number of hydrogen-bond acceptors (Lipinski definition) is 4. The average Bonchev–Trinajstić information content (AvgIpc) is 2.63. The second kappa shape index (κ2) is 8.51. The maximum atomic E-state index is 12.1. The summed E-state index contributed by atoms with van der Waals surface area (Å²) in [7, 11) is -3.37. The second-order valence-corrected chi connectivity index (χ2v) is 8.51. The van der Waals surface area contributed by atoms with E-state index in [1.807, 2.05) is 18.2 Å². The summed E-state index contributed by atoms with van der Waals surface area (Å²) in [5.74, 6) is -0.0763. The first-order valence-corrected chi connectivity index (χ1v) is 10.6. The van der Waals surface area contributed by atoms with Crippen LogP contribution in [0.2, 0.25) is 0 Å². The van der Waals surface area contributed by atoms with Gasteiger partial charge in [0.05, 0.1) is 16.3 Å². The van der Waals surface area contributed by atoms with Crippen LogP contribution in [0.5, 0.6) is 5.75 Å². The first-order valence-electron chi connectivity index (χ1n) is 8.56. The summed E-state index contributed by atoms with van der Waals surface area (Å²) >= 11 is 5.38. The molecular formula is C19H24N2O3S2. The molecular weight excluding hydrogens is 368 g/mol. The minimum Gasteiger partial charge on any atom is -0.506 e. The summed E-state index contributed by atoms with van der Waals surface area (Å²) in [5.41, 5.74) is 3.48. The molecule has 0 aromatic heterocycles. The Kier molecular flexibility index (Phi) is 6.61. The summed E-state index contributed by atoms with van der Waals surface area (Å²) in [5, 5.41) is 16.4. The van der Waals surface area contributed by atoms with Crippen LogP contribution in [0.4, 0.5) is 11.4 Å². The summed E-state index contributed by atoms with van der Waals surface area (Å²) < 4.78 is 24.1. The van der Waals surface area contributed by atoms with Gasteiger partial charge in [-0.1, -0.05) is 39.0 Å². The molecule has 0 saturated heterocycles. The number of nitrogens with one attached hydrogen (secondary N) is 2. The van der Waals surface area contributed by atoms with Gasteiger partial charge in [0, 0.05) is 5.69 Å². The molecule has 0 unspecified atom stereocenters. The van der Waals surface area contributed by atoms with Crippen molar-refractivity contribution < 1.29 is 13.5 Å². The van der Waals surface area contributed by atoms with E-state index in [-0.39, 0.29) is 22.1 Å². The van der Waals surface area contributed by atoms with Gasteiger partial charge in [-0.15, -0.1) is 0 Å². The van der Waals surface area contributed by atoms with Gasteiger partial charge in [0.1, 0.15) is 5.75 Å². The van der Waals surface area contributed by atoms with Crippen LogP contribution in [0.1, 0.15) is 31.9 Å². The number of para-hydroxylation sites is 1. The van der Waals surface area contributed by atoms with Crippen LogP contribution in [-0.2, 0) is 22.7 Å². The van der Waals surface area contributed by atoms with Crippen molar-refractivity contribution in [2.24, 2.45) is 0 Å². The minimum absolute atomic E-state index is 0.0103. The minimum atomic E-state index is -3.37. The highest BCUT2D eigenvalue weighted by atomic mass is 32.2. The standard InChI is InChI=1S/C19H24N2O3S2/c1-4-13-8-7-9-14(5-2)18(13)21-19(25)20-16-12-15(10-11-17(16)22)26(23,24)6-3/h7-12,22H,4-6H2,1-3H3,(H2,20,21,25). The smallest absolute Gasteiger partial charge is 0.178 e. The van der Waals surface area contributed by atoms with Crippen LogP contribution in [0, 0.1) is 0 Å². The fourth-order valence-electron chi connectivity index (χ4n) is 2.65. The van der Waals surface area contributed by atoms with Gasteiger partial charge >= 0.3 is 0 Å². The Morgan fingerprint density at radius 1 is 1.04 bits per heavy atom. The quantitative estimate of drug-likeness (QED) is 0.507. The van der Waals surface area contributed by atoms with E-state index in [4.69, 9.17) is 12.2 Å². The number of sulfone groups is 1. The van der Waals surface area contributed by atoms with Crippen molar-refractivity contribution in [1.29, 1.82) is 0 Å². The molecule has 7 heteroatoms. The molecule has 2 aromatic rings. The highest BCUT2D eigenvalue weighted by molar-refractivity contribution is 7.91. The highest BCUT2D eigenvalue weighted by Gasteiger charge is 2.15. The number of benzene rings is 2. The number of thiocarbonyl (C=S) groups is 1. The Bertz CT molecular complexity index is 887. The zero-order valence-electron chi connectivity index (χ0n) is 15.2.